The van der Waals surface area contributed by atoms with Gasteiger partial charge in [0.15, 0.2) is 0 Å². The number of anilines is 1. The lowest BCUT2D eigenvalue weighted by Crippen LogP contribution is -2.46. The third kappa shape index (κ3) is 3.65. The third-order valence-corrected chi connectivity index (χ3v) is 6.45. The van der Waals surface area contributed by atoms with Crippen LogP contribution in [0.15, 0.2) is 0 Å². The lowest BCUT2D eigenvalue weighted by atomic mass is 9.96. The Morgan fingerprint density at radius 2 is 1.74 bits per heavy atom. The molecular formula is C14H26N6O2S. The van der Waals surface area contributed by atoms with Crippen LogP contribution >= 0.6 is 0 Å². The van der Waals surface area contributed by atoms with E-state index in [-0.39, 0.29) is 6.04 Å². The SMILES string of the molecule is CN(c1nnnn1C1CCCCC1)C1CCN(S(C)(=O)=O)CC1. The first-order valence-corrected chi connectivity index (χ1v) is 10.3. The normalized spacial score (nSPS) is 22.3. The summed E-state index contributed by atoms with van der Waals surface area (Å²) in [4.78, 5) is 2.13. The summed E-state index contributed by atoms with van der Waals surface area (Å²) in [6.45, 7) is 1.14. The molecule has 8 nitrogen and oxygen atoms in total. The lowest BCUT2D eigenvalue weighted by Gasteiger charge is -2.36. The van der Waals surface area contributed by atoms with Gasteiger partial charge in [-0.3, -0.25) is 0 Å². The van der Waals surface area contributed by atoms with Crippen LogP contribution in [0.2, 0.25) is 0 Å². The second-order valence-electron chi connectivity index (χ2n) is 6.72. The topological polar surface area (TPSA) is 84.2 Å². The second kappa shape index (κ2) is 6.72. The molecule has 1 saturated carbocycles. The molecule has 0 bridgehead atoms. The lowest BCUT2D eigenvalue weighted by molar-refractivity contribution is 0.303. The predicted octanol–water partition coefficient (Wildman–Crippen LogP) is 1.04. The zero-order chi connectivity index (χ0) is 16.4. The van der Waals surface area contributed by atoms with Crippen molar-refractivity contribution in [2.45, 2.75) is 57.0 Å². The molecule has 2 aliphatic rings. The van der Waals surface area contributed by atoms with Gasteiger partial charge in [-0.2, -0.15) is 0 Å². The average Bonchev–Trinajstić information content (AvgIpc) is 3.04. The van der Waals surface area contributed by atoms with Gasteiger partial charge < -0.3 is 4.90 Å². The molecule has 1 aliphatic carbocycles. The number of aromatic nitrogens is 4. The maximum Gasteiger partial charge on any atom is 0.245 e. The van der Waals surface area contributed by atoms with E-state index in [4.69, 9.17) is 0 Å². The standard InChI is InChI=1S/C14H26N6O2S/c1-18(12-8-10-19(11-9-12)23(2,21)22)14-15-16-17-20(14)13-6-4-3-5-7-13/h12-13H,3-11H2,1-2H3. The number of hydrogen-bond acceptors (Lipinski definition) is 6. The number of piperidine rings is 1. The van der Waals surface area contributed by atoms with E-state index in [0.717, 1.165) is 31.6 Å². The maximum atomic E-state index is 11.6. The largest absolute Gasteiger partial charge is 0.340 e. The van der Waals surface area contributed by atoms with Crippen LogP contribution in [0.25, 0.3) is 0 Å². The Morgan fingerprint density at radius 1 is 1.09 bits per heavy atom. The first kappa shape index (κ1) is 16.6. The van der Waals surface area contributed by atoms with E-state index in [1.54, 1.807) is 4.31 Å². The van der Waals surface area contributed by atoms with Crippen LogP contribution in [-0.4, -0.2) is 65.4 Å². The zero-order valence-electron chi connectivity index (χ0n) is 13.9. The number of rotatable bonds is 4. The molecule has 0 unspecified atom stereocenters. The summed E-state index contributed by atoms with van der Waals surface area (Å²) in [5, 5.41) is 12.3. The molecule has 3 rings (SSSR count). The monoisotopic (exact) mass is 342 g/mol. The van der Waals surface area contributed by atoms with E-state index < -0.39 is 10.0 Å². The van der Waals surface area contributed by atoms with Crippen LogP contribution in [0.3, 0.4) is 0 Å². The minimum atomic E-state index is -3.08. The molecule has 0 aromatic carbocycles. The summed E-state index contributed by atoms with van der Waals surface area (Å²) in [5.41, 5.74) is 0. The summed E-state index contributed by atoms with van der Waals surface area (Å²) in [7, 11) is -1.07. The van der Waals surface area contributed by atoms with Crippen molar-refractivity contribution in [2.75, 3.05) is 31.3 Å². The average molecular weight is 342 g/mol. The van der Waals surface area contributed by atoms with E-state index >= 15 is 0 Å². The number of sulfonamides is 1. The Bertz CT molecular complexity index is 617. The Hall–Kier alpha value is -1.22. The quantitative estimate of drug-likeness (QED) is 0.813. The van der Waals surface area contributed by atoms with Crippen LogP contribution in [0, 0.1) is 0 Å². The summed E-state index contributed by atoms with van der Waals surface area (Å²) in [5.74, 6) is 0.815. The second-order valence-corrected chi connectivity index (χ2v) is 8.70. The van der Waals surface area contributed by atoms with Gasteiger partial charge in [-0.1, -0.05) is 24.4 Å². The first-order valence-electron chi connectivity index (χ1n) is 8.42. The van der Waals surface area contributed by atoms with E-state index in [2.05, 4.69) is 20.4 Å². The zero-order valence-corrected chi connectivity index (χ0v) is 14.7. The van der Waals surface area contributed by atoms with Crippen LogP contribution in [-0.2, 0) is 10.0 Å². The van der Waals surface area contributed by atoms with Crippen LogP contribution in [0.4, 0.5) is 5.95 Å². The van der Waals surface area contributed by atoms with Gasteiger partial charge in [-0.05, 0) is 36.1 Å². The highest BCUT2D eigenvalue weighted by atomic mass is 32.2. The van der Waals surface area contributed by atoms with Crippen molar-refractivity contribution < 1.29 is 8.42 Å². The molecule has 0 spiro atoms. The third-order valence-electron chi connectivity index (χ3n) is 5.15. The van der Waals surface area contributed by atoms with E-state index in [0.29, 0.717) is 19.1 Å². The summed E-state index contributed by atoms with van der Waals surface area (Å²) >= 11 is 0. The highest BCUT2D eigenvalue weighted by molar-refractivity contribution is 7.88. The van der Waals surface area contributed by atoms with Crippen molar-refractivity contribution in [1.29, 1.82) is 0 Å². The molecule has 2 heterocycles. The van der Waals surface area contributed by atoms with Crippen molar-refractivity contribution in [1.82, 2.24) is 24.5 Å². The molecule has 0 atom stereocenters. The molecular weight excluding hydrogens is 316 g/mol. The molecule has 130 valence electrons. The van der Waals surface area contributed by atoms with E-state index in [9.17, 15) is 8.42 Å². The van der Waals surface area contributed by atoms with Crippen LogP contribution in [0.1, 0.15) is 51.0 Å². The summed E-state index contributed by atoms with van der Waals surface area (Å²) in [6, 6.07) is 0.675. The highest BCUT2D eigenvalue weighted by Crippen LogP contribution is 2.31. The van der Waals surface area contributed by atoms with Crippen molar-refractivity contribution >= 4 is 16.0 Å². The Balaban J connectivity index is 1.67. The van der Waals surface area contributed by atoms with Crippen molar-refractivity contribution in [3.05, 3.63) is 0 Å². The van der Waals surface area contributed by atoms with Crippen molar-refractivity contribution in [3.8, 4) is 0 Å². The number of hydrogen-bond donors (Lipinski definition) is 0. The van der Waals surface area contributed by atoms with E-state index in [1.807, 2.05) is 11.7 Å². The minimum absolute atomic E-state index is 0.279. The summed E-state index contributed by atoms with van der Waals surface area (Å²) in [6.07, 6.45) is 8.94. The molecule has 0 radical (unpaired) electrons. The van der Waals surface area contributed by atoms with Crippen molar-refractivity contribution in [2.24, 2.45) is 0 Å². The number of tetrazole rings is 1. The fourth-order valence-electron chi connectivity index (χ4n) is 3.71. The Morgan fingerprint density at radius 3 is 2.35 bits per heavy atom. The molecule has 0 N–H and O–H groups in total. The van der Waals surface area contributed by atoms with E-state index in [1.165, 1.54) is 25.5 Å². The van der Waals surface area contributed by atoms with Crippen LogP contribution in [0.5, 0.6) is 0 Å². The van der Waals surface area contributed by atoms with Gasteiger partial charge in [0, 0.05) is 26.2 Å². The molecule has 1 aromatic rings. The fourth-order valence-corrected chi connectivity index (χ4v) is 4.58. The molecule has 2 fully saturated rings. The highest BCUT2D eigenvalue weighted by Gasteiger charge is 2.30. The molecule has 23 heavy (non-hydrogen) atoms. The first-order chi connectivity index (χ1) is 11.0. The Kier molecular flexibility index (Phi) is 4.86. The van der Waals surface area contributed by atoms with Gasteiger partial charge in [0.1, 0.15) is 0 Å². The maximum absolute atomic E-state index is 11.6. The van der Waals surface area contributed by atoms with Crippen LogP contribution < -0.4 is 4.90 Å². The molecule has 1 aromatic heterocycles. The smallest absolute Gasteiger partial charge is 0.245 e. The van der Waals surface area contributed by atoms with Gasteiger partial charge in [-0.15, -0.1) is 0 Å². The molecule has 1 aliphatic heterocycles. The van der Waals surface area contributed by atoms with Gasteiger partial charge >= 0.3 is 0 Å². The van der Waals surface area contributed by atoms with Gasteiger partial charge in [0.2, 0.25) is 16.0 Å². The number of nitrogens with zero attached hydrogens (tertiary/aromatic N) is 6. The molecule has 9 heteroatoms. The predicted molar refractivity (Wildman–Crippen MR) is 87.8 cm³/mol. The molecule has 1 saturated heterocycles. The minimum Gasteiger partial charge on any atom is -0.340 e. The fraction of sp³-hybridized carbons (Fsp3) is 0.929. The van der Waals surface area contributed by atoms with Gasteiger partial charge in [-0.25, -0.2) is 17.4 Å². The molecule has 0 amide bonds. The Labute approximate surface area is 137 Å². The van der Waals surface area contributed by atoms with Gasteiger partial charge in [0.05, 0.1) is 12.3 Å². The van der Waals surface area contributed by atoms with Gasteiger partial charge in [0.25, 0.3) is 0 Å². The summed E-state index contributed by atoms with van der Waals surface area (Å²) < 4.78 is 26.8. The van der Waals surface area contributed by atoms with Crippen molar-refractivity contribution in [3.63, 3.8) is 0 Å².